The minimum atomic E-state index is -5.03. The lowest BCUT2D eigenvalue weighted by Gasteiger charge is -2.21. The lowest BCUT2D eigenvalue weighted by Crippen LogP contribution is -2.42. The van der Waals surface area contributed by atoms with Crippen LogP contribution in [0.5, 0.6) is 0 Å². The predicted molar refractivity (Wildman–Crippen MR) is 69.0 cm³/mol. The summed E-state index contributed by atoms with van der Waals surface area (Å²) in [5.74, 6) is 0.0801. The molecular weight excluding hydrogens is 316 g/mol. The first kappa shape index (κ1) is 18.1. The van der Waals surface area contributed by atoms with Gasteiger partial charge in [-0.1, -0.05) is 0 Å². The van der Waals surface area contributed by atoms with Gasteiger partial charge in [0.2, 0.25) is 10.4 Å². The van der Waals surface area contributed by atoms with Crippen LogP contribution in [0.3, 0.4) is 0 Å². The van der Waals surface area contributed by atoms with Gasteiger partial charge in [-0.05, 0) is 0 Å². The largest absolute Gasteiger partial charge is 0.726 e. The van der Waals surface area contributed by atoms with E-state index in [0.717, 1.165) is 0 Å². The van der Waals surface area contributed by atoms with E-state index in [-0.39, 0.29) is 18.1 Å². The Morgan fingerprint density at radius 2 is 2.05 bits per heavy atom. The molecule has 0 spiro atoms. The molecule has 120 valence electrons. The van der Waals surface area contributed by atoms with Crippen molar-refractivity contribution in [2.45, 2.75) is 29.7 Å². The van der Waals surface area contributed by atoms with Crippen LogP contribution in [0.2, 0.25) is 0 Å². The van der Waals surface area contributed by atoms with E-state index in [1.807, 2.05) is 0 Å². The molecule has 1 heterocycles. The lowest BCUT2D eigenvalue weighted by atomic mass is 10.2. The van der Waals surface area contributed by atoms with Gasteiger partial charge in [0, 0.05) is 10.9 Å². The molecule has 0 aromatic heterocycles. The first-order valence-corrected chi connectivity index (χ1v) is 8.75. The van der Waals surface area contributed by atoms with Crippen LogP contribution in [0.4, 0.5) is 0 Å². The minimum absolute atomic E-state index is 0.0710. The van der Waals surface area contributed by atoms with Crippen molar-refractivity contribution < 1.29 is 42.7 Å². The summed E-state index contributed by atoms with van der Waals surface area (Å²) >= 11 is 0. The molecule has 0 saturated carbocycles. The second kappa shape index (κ2) is 7.33. The number of hydrogen-bond acceptors (Lipinski definition) is 8. The normalized spacial score (nSPS) is 34.1. The van der Waals surface area contributed by atoms with Crippen LogP contribution in [0.25, 0.3) is 0 Å². The average Bonchev–Trinajstić information content (AvgIpc) is 2.60. The van der Waals surface area contributed by atoms with E-state index in [4.69, 9.17) is 10.2 Å². The molecular formula is C9H19O9S2+. The highest BCUT2D eigenvalue weighted by molar-refractivity contribution is 7.97. The smallest absolute Gasteiger partial charge is 0.218 e. The van der Waals surface area contributed by atoms with E-state index < -0.39 is 57.6 Å². The monoisotopic (exact) mass is 335 g/mol. The standard InChI is InChI=1S/C9H18O9S2/c10-1-7(18-20(15,16)17)5(12)3-19-4-6(13)9(14)8(19)2-11/h5-14H,1-4H2/p+1/t5-,6+,7+,8-,9-,19?/m1/s1. The van der Waals surface area contributed by atoms with Gasteiger partial charge in [-0.3, -0.25) is 4.18 Å². The molecule has 1 aliphatic rings. The highest BCUT2D eigenvalue weighted by Gasteiger charge is 2.50. The molecule has 0 aromatic rings. The van der Waals surface area contributed by atoms with Crippen LogP contribution in [0.1, 0.15) is 0 Å². The number of aliphatic hydroxyl groups excluding tert-OH is 4. The zero-order chi connectivity index (χ0) is 15.5. The first-order valence-electron chi connectivity index (χ1n) is 5.79. The van der Waals surface area contributed by atoms with Gasteiger partial charge in [0.25, 0.3) is 0 Å². The Hall–Kier alpha value is 0.0200. The van der Waals surface area contributed by atoms with Crippen molar-refractivity contribution in [3.63, 3.8) is 0 Å². The maximum absolute atomic E-state index is 10.5. The number of rotatable bonds is 7. The van der Waals surface area contributed by atoms with Crippen LogP contribution >= 0.6 is 0 Å². The number of hydrogen-bond donors (Lipinski definition) is 4. The fourth-order valence-corrected chi connectivity index (χ4v) is 5.21. The van der Waals surface area contributed by atoms with Crippen molar-refractivity contribution in [1.29, 1.82) is 0 Å². The quantitative estimate of drug-likeness (QED) is 0.205. The van der Waals surface area contributed by atoms with Gasteiger partial charge in [-0.15, -0.1) is 0 Å². The van der Waals surface area contributed by atoms with Gasteiger partial charge >= 0.3 is 0 Å². The Bertz CT molecular complexity index is 400. The van der Waals surface area contributed by atoms with E-state index in [2.05, 4.69) is 4.18 Å². The summed E-state index contributed by atoms with van der Waals surface area (Å²) in [6.45, 7) is -1.02. The van der Waals surface area contributed by atoms with Crippen molar-refractivity contribution in [2.24, 2.45) is 0 Å². The van der Waals surface area contributed by atoms with Crippen LogP contribution in [-0.4, -0.2) is 92.9 Å². The Kier molecular flexibility index (Phi) is 6.63. The van der Waals surface area contributed by atoms with Crippen LogP contribution < -0.4 is 0 Å². The van der Waals surface area contributed by atoms with Gasteiger partial charge in [0.15, 0.2) is 18.0 Å². The molecule has 1 fully saturated rings. The van der Waals surface area contributed by atoms with Crippen LogP contribution in [0.15, 0.2) is 0 Å². The Morgan fingerprint density at radius 1 is 1.45 bits per heavy atom. The number of aliphatic hydroxyl groups is 4. The summed E-state index contributed by atoms with van der Waals surface area (Å²) in [6.07, 6.45) is -5.05. The molecule has 1 rings (SSSR count). The summed E-state index contributed by atoms with van der Waals surface area (Å²) < 4.78 is 35.5. The van der Waals surface area contributed by atoms with E-state index in [1.165, 1.54) is 0 Å². The molecule has 0 aliphatic carbocycles. The average molecular weight is 335 g/mol. The summed E-state index contributed by atoms with van der Waals surface area (Å²) in [5, 5.41) is 44.6. The van der Waals surface area contributed by atoms with Gasteiger partial charge < -0.3 is 30.1 Å². The molecule has 6 atom stereocenters. The first-order chi connectivity index (χ1) is 9.19. The highest BCUT2D eigenvalue weighted by Crippen LogP contribution is 2.25. The Labute approximate surface area is 119 Å². The predicted octanol–water partition coefficient (Wildman–Crippen LogP) is -4.37. The lowest BCUT2D eigenvalue weighted by molar-refractivity contribution is 0.0105. The second-order valence-corrected chi connectivity index (χ2v) is 7.82. The van der Waals surface area contributed by atoms with Crippen LogP contribution in [-0.2, 0) is 25.5 Å². The van der Waals surface area contributed by atoms with Crippen molar-refractivity contribution in [1.82, 2.24) is 0 Å². The third-order valence-corrected chi connectivity index (χ3v) is 6.33. The van der Waals surface area contributed by atoms with E-state index >= 15 is 0 Å². The van der Waals surface area contributed by atoms with Crippen LogP contribution in [0, 0.1) is 0 Å². The third-order valence-electron chi connectivity index (χ3n) is 3.02. The fraction of sp³-hybridized carbons (Fsp3) is 1.00. The van der Waals surface area contributed by atoms with Crippen molar-refractivity contribution >= 4 is 21.3 Å². The van der Waals surface area contributed by atoms with Gasteiger partial charge in [-0.2, -0.15) is 0 Å². The third kappa shape index (κ3) is 4.79. The SMILES string of the molecule is O=S(=O)([O-])O[C@@H](C[OH2+])[C@H](O)C[S+]1C[C@H](O)[C@@H](O)[C@H]1CO. The molecule has 20 heavy (non-hydrogen) atoms. The molecule has 1 unspecified atom stereocenters. The van der Waals surface area contributed by atoms with Gasteiger partial charge in [0.05, 0.1) is 6.61 Å². The molecule has 0 radical (unpaired) electrons. The zero-order valence-electron chi connectivity index (χ0n) is 10.5. The molecule has 6 N–H and O–H groups in total. The molecule has 0 bridgehead atoms. The maximum atomic E-state index is 10.5. The maximum Gasteiger partial charge on any atom is 0.218 e. The van der Waals surface area contributed by atoms with E-state index in [1.54, 1.807) is 0 Å². The molecule has 0 aromatic carbocycles. The molecule has 11 heteroatoms. The highest BCUT2D eigenvalue weighted by atomic mass is 32.3. The second-order valence-electron chi connectivity index (χ2n) is 4.46. The Morgan fingerprint density at radius 3 is 2.50 bits per heavy atom. The zero-order valence-corrected chi connectivity index (χ0v) is 12.1. The summed E-state index contributed by atoms with van der Waals surface area (Å²) in [7, 11) is -5.80. The van der Waals surface area contributed by atoms with Crippen molar-refractivity contribution in [3.8, 4) is 0 Å². The molecule has 1 saturated heterocycles. The molecule has 1 aliphatic heterocycles. The topological polar surface area (TPSA) is 170 Å². The summed E-state index contributed by atoms with van der Waals surface area (Å²) in [4.78, 5) is 0. The van der Waals surface area contributed by atoms with Gasteiger partial charge in [-0.25, -0.2) is 8.42 Å². The Balaban J connectivity index is 2.66. The van der Waals surface area contributed by atoms with E-state index in [9.17, 15) is 28.3 Å². The van der Waals surface area contributed by atoms with Crippen molar-refractivity contribution in [3.05, 3.63) is 0 Å². The minimum Gasteiger partial charge on any atom is -0.726 e. The molecule has 9 nitrogen and oxygen atoms in total. The van der Waals surface area contributed by atoms with Gasteiger partial charge in [0.1, 0.15) is 29.8 Å². The summed E-state index contributed by atoms with van der Waals surface area (Å²) in [6, 6.07) is 0. The molecule has 0 amide bonds. The van der Waals surface area contributed by atoms with Crippen molar-refractivity contribution in [2.75, 3.05) is 24.7 Å². The summed E-state index contributed by atoms with van der Waals surface area (Å²) in [5.41, 5.74) is 0. The fourth-order valence-electron chi connectivity index (χ4n) is 2.00. The van der Waals surface area contributed by atoms with E-state index in [0.29, 0.717) is 0 Å².